The lowest BCUT2D eigenvalue weighted by Gasteiger charge is -2.08. The molecule has 0 unspecified atom stereocenters. The van der Waals surface area contributed by atoms with E-state index < -0.39 is 0 Å². The first-order chi connectivity index (χ1) is 9.60. The molecule has 0 atom stereocenters. The maximum absolute atomic E-state index is 12.1. The SMILES string of the molecule is CCNc1ccc(NC(=O)c2ccc(C)c(C)c2)cn1. The standard InChI is InChI=1S/C16H19N3O/c1-4-17-15-8-7-14(10-18-15)19-16(20)13-6-5-11(2)12(3)9-13/h5-10H,4H2,1-3H3,(H,17,18)(H,19,20). The Balaban J connectivity index is 2.08. The summed E-state index contributed by atoms with van der Waals surface area (Å²) >= 11 is 0. The number of pyridine rings is 1. The number of nitrogens with zero attached hydrogens (tertiary/aromatic N) is 1. The van der Waals surface area contributed by atoms with Gasteiger partial charge in [-0.15, -0.1) is 0 Å². The van der Waals surface area contributed by atoms with Gasteiger partial charge < -0.3 is 10.6 Å². The zero-order valence-corrected chi connectivity index (χ0v) is 12.0. The second-order valence-corrected chi connectivity index (χ2v) is 4.72. The summed E-state index contributed by atoms with van der Waals surface area (Å²) in [6, 6.07) is 9.36. The van der Waals surface area contributed by atoms with Gasteiger partial charge in [0.05, 0.1) is 11.9 Å². The normalized spacial score (nSPS) is 10.2. The zero-order valence-electron chi connectivity index (χ0n) is 12.0. The molecule has 0 bridgehead atoms. The molecule has 2 rings (SSSR count). The van der Waals surface area contributed by atoms with E-state index in [1.807, 2.05) is 51.1 Å². The van der Waals surface area contributed by atoms with E-state index in [-0.39, 0.29) is 5.91 Å². The third kappa shape index (κ3) is 3.35. The van der Waals surface area contributed by atoms with Crippen molar-refractivity contribution in [3.05, 3.63) is 53.2 Å². The lowest BCUT2D eigenvalue weighted by atomic mass is 10.1. The van der Waals surface area contributed by atoms with Crippen molar-refractivity contribution >= 4 is 17.4 Å². The molecule has 0 saturated heterocycles. The van der Waals surface area contributed by atoms with Crippen LogP contribution in [0.3, 0.4) is 0 Å². The van der Waals surface area contributed by atoms with Crippen LogP contribution >= 0.6 is 0 Å². The van der Waals surface area contributed by atoms with E-state index in [4.69, 9.17) is 0 Å². The number of hydrogen-bond donors (Lipinski definition) is 2. The van der Waals surface area contributed by atoms with Gasteiger partial charge in [0.2, 0.25) is 0 Å². The van der Waals surface area contributed by atoms with Crippen LogP contribution in [0.2, 0.25) is 0 Å². The van der Waals surface area contributed by atoms with Gasteiger partial charge in [-0.1, -0.05) is 6.07 Å². The number of carbonyl (C=O) groups excluding carboxylic acids is 1. The minimum Gasteiger partial charge on any atom is -0.370 e. The lowest BCUT2D eigenvalue weighted by molar-refractivity contribution is 0.102. The highest BCUT2D eigenvalue weighted by Crippen LogP contribution is 2.13. The van der Waals surface area contributed by atoms with E-state index in [1.54, 1.807) is 6.20 Å². The Morgan fingerprint density at radius 2 is 1.95 bits per heavy atom. The van der Waals surface area contributed by atoms with Crippen LogP contribution in [0.15, 0.2) is 36.5 Å². The van der Waals surface area contributed by atoms with Crippen LogP contribution in [-0.4, -0.2) is 17.4 Å². The van der Waals surface area contributed by atoms with E-state index in [0.717, 1.165) is 17.9 Å². The van der Waals surface area contributed by atoms with E-state index in [1.165, 1.54) is 5.56 Å². The minimum atomic E-state index is -0.119. The molecular weight excluding hydrogens is 250 g/mol. The molecule has 4 heteroatoms. The van der Waals surface area contributed by atoms with Crippen LogP contribution in [0.1, 0.15) is 28.4 Å². The van der Waals surface area contributed by atoms with Gasteiger partial charge in [-0.25, -0.2) is 4.98 Å². The van der Waals surface area contributed by atoms with Crippen LogP contribution in [0.5, 0.6) is 0 Å². The molecule has 1 amide bonds. The Labute approximate surface area is 119 Å². The Hall–Kier alpha value is -2.36. The first-order valence-corrected chi connectivity index (χ1v) is 6.68. The van der Waals surface area contributed by atoms with Gasteiger partial charge in [0.1, 0.15) is 5.82 Å². The first kappa shape index (κ1) is 14.1. The van der Waals surface area contributed by atoms with Crippen LogP contribution in [0.4, 0.5) is 11.5 Å². The summed E-state index contributed by atoms with van der Waals surface area (Å²) in [6.45, 7) is 6.86. The van der Waals surface area contributed by atoms with E-state index >= 15 is 0 Å². The Bertz CT molecular complexity index is 606. The maximum atomic E-state index is 12.1. The molecule has 4 nitrogen and oxygen atoms in total. The first-order valence-electron chi connectivity index (χ1n) is 6.68. The predicted molar refractivity (Wildman–Crippen MR) is 82.3 cm³/mol. The van der Waals surface area contributed by atoms with Crippen molar-refractivity contribution in [3.63, 3.8) is 0 Å². The van der Waals surface area contributed by atoms with E-state index in [9.17, 15) is 4.79 Å². The number of carbonyl (C=O) groups is 1. The molecule has 1 aromatic heterocycles. The van der Waals surface area contributed by atoms with Gasteiger partial charge in [-0.05, 0) is 56.2 Å². The van der Waals surface area contributed by atoms with Crippen molar-refractivity contribution in [2.24, 2.45) is 0 Å². The molecule has 1 aromatic carbocycles. The van der Waals surface area contributed by atoms with Gasteiger partial charge in [0.25, 0.3) is 5.91 Å². The molecule has 0 radical (unpaired) electrons. The molecule has 104 valence electrons. The summed E-state index contributed by atoms with van der Waals surface area (Å²) in [7, 11) is 0. The number of anilines is 2. The molecule has 0 spiro atoms. The molecular formula is C16H19N3O. The highest BCUT2D eigenvalue weighted by atomic mass is 16.1. The third-order valence-electron chi connectivity index (χ3n) is 3.15. The highest BCUT2D eigenvalue weighted by molar-refractivity contribution is 6.04. The monoisotopic (exact) mass is 269 g/mol. The molecule has 0 aliphatic carbocycles. The van der Waals surface area contributed by atoms with Crippen molar-refractivity contribution < 1.29 is 4.79 Å². The average molecular weight is 269 g/mol. The largest absolute Gasteiger partial charge is 0.370 e. The molecule has 0 aliphatic rings. The van der Waals surface area contributed by atoms with Crippen molar-refractivity contribution in [2.45, 2.75) is 20.8 Å². The van der Waals surface area contributed by atoms with Crippen molar-refractivity contribution in [2.75, 3.05) is 17.2 Å². The summed E-state index contributed by atoms with van der Waals surface area (Å²) in [4.78, 5) is 16.4. The number of aromatic nitrogens is 1. The van der Waals surface area contributed by atoms with Gasteiger partial charge in [-0.3, -0.25) is 4.79 Å². The second kappa shape index (κ2) is 6.19. The summed E-state index contributed by atoms with van der Waals surface area (Å²) < 4.78 is 0. The van der Waals surface area contributed by atoms with E-state index in [2.05, 4.69) is 15.6 Å². The van der Waals surface area contributed by atoms with Gasteiger partial charge in [-0.2, -0.15) is 0 Å². The van der Waals surface area contributed by atoms with Crippen LogP contribution in [0, 0.1) is 13.8 Å². The average Bonchev–Trinajstić information content (AvgIpc) is 2.44. The summed E-state index contributed by atoms with van der Waals surface area (Å²) in [6.07, 6.45) is 1.65. The minimum absolute atomic E-state index is 0.119. The number of nitrogens with one attached hydrogen (secondary N) is 2. The zero-order chi connectivity index (χ0) is 14.5. The highest BCUT2D eigenvalue weighted by Gasteiger charge is 2.07. The van der Waals surface area contributed by atoms with Crippen molar-refractivity contribution in [3.8, 4) is 0 Å². The topological polar surface area (TPSA) is 54.0 Å². The van der Waals surface area contributed by atoms with E-state index in [0.29, 0.717) is 11.3 Å². The van der Waals surface area contributed by atoms with Gasteiger partial charge in [0.15, 0.2) is 0 Å². The number of aryl methyl sites for hydroxylation is 2. The molecule has 1 heterocycles. The van der Waals surface area contributed by atoms with Gasteiger partial charge >= 0.3 is 0 Å². The fraction of sp³-hybridized carbons (Fsp3) is 0.250. The summed E-state index contributed by atoms with van der Waals surface area (Å²) in [5.74, 6) is 0.683. The second-order valence-electron chi connectivity index (χ2n) is 4.72. The van der Waals surface area contributed by atoms with Crippen LogP contribution in [0.25, 0.3) is 0 Å². The summed E-state index contributed by atoms with van der Waals surface area (Å²) in [5.41, 5.74) is 3.63. The third-order valence-corrected chi connectivity index (χ3v) is 3.15. The smallest absolute Gasteiger partial charge is 0.255 e. The molecule has 0 fully saturated rings. The molecule has 20 heavy (non-hydrogen) atoms. The Morgan fingerprint density at radius 1 is 1.15 bits per heavy atom. The predicted octanol–water partition coefficient (Wildman–Crippen LogP) is 3.38. The number of hydrogen-bond acceptors (Lipinski definition) is 3. The number of rotatable bonds is 4. The maximum Gasteiger partial charge on any atom is 0.255 e. The molecule has 0 aliphatic heterocycles. The Morgan fingerprint density at radius 3 is 2.55 bits per heavy atom. The lowest BCUT2D eigenvalue weighted by Crippen LogP contribution is -2.12. The molecule has 2 aromatic rings. The number of benzene rings is 1. The molecule has 2 N–H and O–H groups in total. The number of amides is 1. The van der Waals surface area contributed by atoms with Crippen molar-refractivity contribution in [1.29, 1.82) is 0 Å². The van der Waals surface area contributed by atoms with Crippen LogP contribution < -0.4 is 10.6 Å². The summed E-state index contributed by atoms with van der Waals surface area (Å²) in [5, 5.41) is 5.95. The molecule has 0 saturated carbocycles. The van der Waals surface area contributed by atoms with Crippen molar-refractivity contribution in [1.82, 2.24) is 4.98 Å². The van der Waals surface area contributed by atoms with Gasteiger partial charge in [0, 0.05) is 12.1 Å². The quantitative estimate of drug-likeness (QED) is 0.894. The fourth-order valence-electron chi connectivity index (χ4n) is 1.84. The Kier molecular flexibility index (Phi) is 4.35. The fourth-order valence-corrected chi connectivity index (χ4v) is 1.84. The van der Waals surface area contributed by atoms with Crippen LogP contribution in [-0.2, 0) is 0 Å².